The van der Waals surface area contributed by atoms with E-state index in [-0.39, 0.29) is 11.9 Å². The number of rotatable bonds is 5. The van der Waals surface area contributed by atoms with E-state index in [1.807, 2.05) is 0 Å². The topological polar surface area (TPSA) is 70.8 Å². The summed E-state index contributed by atoms with van der Waals surface area (Å²) >= 11 is 0. The number of aliphatic carboxylic acids is 1. The van der Waals surface area contributed by atoms with E-state index in [2.05, 4.69) is 0 Å². The fourth-order valence-electron chi connectivity index (χ4n) is 1.58. The second kappa shape index (κ2) is 4.86. The average Bonchev–Trinajstić information content (AvgIpc) is 3.00. The maximum absolute atomic E-state index is 11.8. The molecular weight excluding hydrogens is 222 g/mol. The molecule has 0 radical (unpaired) electrons. The SMILES string of the molecule is O=C(O)/C=C/C(=O)N(Cc1ccco1)C1CC1. The molecule has 5 nitrogen and oxygen atoms in total. The molecule has 1 aliphatic rings. The number of carbonyl (C=O) groups is 2. The lowest BCUT2D eigenvalue weighted by Gasteiger charge is -2.19. The Morgan fingerprint density at radius 1 is 1.47 bits per heavy atom. The van der Waals surface area contributed by atoms with Crippen molar-refractivity contribution in [1.29, 1.82) is 0 Å². The maximum Gasteiger partial charge on any atom is 0.328 e. The molecule has 0 aliphatic heterocycles. The molecule has 17 heavy (non-hydrogen) atoms. The van der Waals surface area contributed by atoms with Gasteiger partial charge in [-0.15, -0.1) is 0 Å². The zero-order valence-corrected chi connectivity index (χ0v) is 9.20. The van der Waals surface area contributed by atoms with Gasteiger partial charge in [-0.25, -0.2) is 4.79 Å². The second-order valence-corrected chi connectivity index (χ2v) is 3.95. The third-order valence-corrected chi connectivity index (χ3v) is 2.55. The normalized spacial score (nSPS) is 15.1. The summed E-state index contributed by atoms with van der Waals surface area (Å²) in [6, 6.07) is 3.77. The molecule has 0 atom stereocenters. The molecule has 1 fully saturated rings. The van der Waals surface area contributed by atoms with Gasteiger partial charge < -0.3 is 14.4 Å². The highest BCUT2D eigenvalue weighted by atomic mass is 16.4. The fourth-order valence-corrected chi connectivity index (χ4v) is 1.58. The summed E-state index contributed by atoms with van der Waals surface area (Å²) in [5.74, 6) is -0.702. The van der Waals surface area contributed by atoms with E-state index in [4.69, 9.17) is 9.52 Å². The summed E-state index contributed by atoms with van der Waals surface area (Å²) in [5, 5.41) is 8.48. The van der Waals surface area contributed by atoms with E-state index in [0.717, 1.165) is 25.0 Å². The number of hydrogen-bond acceptors (Lipinski definition) is 3. The maximum atomic E-state index is 11.8. The van der Waals surface area contributed by atoms with E-state index in [9.17, 15) is 9.59 Å². The molecule has 2 rings (SSSR count). The summed E-state index contributed by atoms with van der Waals surface area (Å²) in [4.78, 5) is 23.8. The van der Waals surface area contributed by atoms with Gasteiger partial charge in [-0.2, -0.15) is 0 Å². The first-order valence-corrected chi connectivity index (χ1v) is 5.41. The molecule has 1 heterocycles. The van der Waals surface area contributed by atoms with Crippen molar-refractivity contribution in [2.75, 3.05) is 0 Å². The number of furan rings is 1. The van der Waals surface area contributed by atoms with Gasteiger partial charge in [0, 0.05) is 18.2 Å². The minimum absolute atomic E-state index is 0.214. The Morgan fingerprint density at radius 3 is 2.76 bits per heavy atom. The van der Waals surface area contributed by atoms with E-state index in [1.165, 1.54) is 0 Å². The predicted molar refractivity (Wildman–Crippen MR) is 59.1 cm³/mol. The third kappa shape index (κ3) is 3.21. The van der Waals surface area contributed by atoms with Crippen LogP contribution >= 0.6 is 0 Å². The summed E-state index contributed by atoms with van der Waals surface area (Å²) in [6.07, 6.45) is 5.43. The molecule has 90 valence electrons. The molecule has 0 bridgehead atoms. The van der Waals surface area contributed by atoms with Crippen molar-refractivity contribution in [2.24, 2.45) is 0 Å². The van der Waals surface area contributed by atoms with Crippen LogP contribution in [0, 0.1) is 0 Å². The van der Waals surface area contributed by atoms with Gasteiger partial charge in [0.05, 0.1) is 12.8 Å². The lowest BCUT2D eigenvalue weighted by atomic mass is 10.3. The third-order valence-electron chi connectivity index (χ3n) is 2.55. The van der Waals surface area contributed by atoms with E-state index in [0.29, 0.717) is 12.3 Å². The zero-order valence-electron chi connectivity index (χ0n) is 9.20. The Hall–Kier alpha value is -2.04. The minimum Gasteiger partial charge on any atom is -0.478 e. The van der Waals surface area contributed by atoms with Crippen molar-refractivity contribution in [3.63, 3.8) is 0 Å². The van der Waals surface area contributed by atoms with Crippen LogP contribution in [0.3, 0.4) is 0 Å². The highest BCUT2D eigenvalue weighted by molar-refractivity contribution is 5.94. The van der Waals surface area contributed by atoms with Crippen LogP contribution in [0.5, 0.6) is 0 Å². The lowest BCUT2D eigenvalue weighted by molar-refractivity contribution is -0.132. The van der Waals surface area contributed by atoms with Gasteiger partial charge in [0.1, 0.15) is 5.76 Å². The first kappa shape index (κ1) is 11.4. The smallest absolute Gasteiger partial charge is 0.328 e. The number of hydrogen-bond donors (Lipinski definition) is 1. The monoisotopic (exact) mass is 235 g/mol. The van der Waals surface area contributed by atoms with Crippen molar-refractivity contribution in [3.8, 4) is 0 Å². The highest BCUT2D eigenvalue weighted by Gasteiger charge is 2.32. The van der Waals surface area contributed by atoms with Crippen LogP contribution in [0.1, 0.15) is 18.6 Å². The van der Waals surface area contributed by atoms with Gasteiger partial charge >= 0.3 is 5.97 Å². The predicted octanol–water partition coefficient (Wildman–Crippen LogP) is 1.41. The zero-order chi connectivity index (χ0) is 12.3. The number of carboxylic acid groups (broad SMARTS) is 1. The van der Waals surface area contributed by atoms with Gasteiger partial charge in [-0.1, -0.05) is 0 Å². The van der Waals surface area contributed by atoms with E-state index >= 15 is 0 Å². The Bertz CT molecular complexity index is 431. The summed E-state index contributed by atoms with van der Waals surface area (Å²) in [6.45, 7) is 0.389. The van der Waals surface area contributed by atoms with Gasteiger partial charge in [-0.3, -0.25) is 4.79 Å². The average molecular weight is 235 g/mol. The molecular formula is C12H13NO4. The van der Waals surface area contributed by atoms with Crippen molar-refractivity contribution < 1.29 is 19.1 Å². The number of amides is 1. The first-order valence-electron chi connectivity index (χ1n) is 5.41. The number of carboxylic acids is 1. The highest BCUT2D eigenvalue weighted by Crippen LogP contribution is 2.28. The van der Waals surface area contributed by atoms with Crippen molar-refractivity contribution in [3.05, 3.63) is 36.3 Å². The molecule has 1 aliphatic carbocycles. The Balaban J connectivity index is 2.02. The Kier molecular flexibility index (Phi) is 3.27. The molecule has 0 spiro atoms. The largest absolute Gasteiger partial charge is 0.478 e. The molecule has 1 aromatic heterocycles. The van der Waals surface area contributed by atoms with Gasteiger partial charge in [0.2, 0.25) is 5.91 Å². The number of nitrogens with zero attached hydrogens (tertiary/aromatic N) is 1. The van der Waals surface area contributed by atoms with Crippen molar-refractivity contribution in [2.45, 2.75) is 25.4 Å². The molecule has 1 saturated carbocycles. The Labute approximate surface area is 98.3 Å². The lowest BCUT2D eigenvalue weighted by Crippen LogP contribution is -2.31. The quantitative estimate of drug-likeness (QED) is 0.783. The van der Waals surface area contributed by atoms with Gasteiger partial charge in [0.15, 0.2) is 0 Å². The first-order chi connectivity index (χ1) is 8.16. The van der Waals surface area contributed by atoms with E-state index < -0.39 is 5.97 Å². The summed E-state index contributed by atoms with van der Waals surface area (Å²) in [5.41, 5.74) is 0. The molecule has 0 saturated heterocycles. The van der Waals surface area contributed by atoms with Crippen LogP contribution in [-0.2, 0) is 16.1 Å². The molecule has 1 N–H and O–H groups in total. The van der Waals surface area contributed by atoms with Gasteiger partial charge in [0.25, 0.3) is 0 Å². The minimum atomic E-state index is -1.12. The molecule has 0 aromatic carbocycles. The van der Waals surface area contributed by atoms with Crippen LogP contribution in [0.4, 0.5) is 0 Å². The van der Waals surface area contributed by atoms with Crippen molar-refractivity contribution >= 4 is 11.9 Å². The van der Waals surface area contributed by atoms with Crippen LogP contribution in [0.2, 0.25) is 0 Å². The number of carbonyl (C=O) groups excluding carboxylic acids is 1. The standard InChI is InChI=1S/C12H13NO4/c14-11(5-6-12(15)16)13(9-3-4-9)8-10-2-1-7-17-10/h1-2,5-7,9H,3-4,8H2,(H,15,16)/b6-5+. The van der Waals surface area contributed by atoms with E-state index in [1.54, 1.807) is 23.3 Å². The second-order valence-electron chi connectivity index (χ2n) is 3.95. The molecule has 0 unspecified atom stereocenters. The van der Waals surface area contributed by atoms with Crippen LogP contribution in [0.25, 0.3) is 0 Å². The molecule has 1 amide bonds. The Morgan fingerprint density at radius 2 is 2.24 bits per heavy atom. The summed E-state index contributed by atoms with van der Waals surface area (Å²) in [7, 11) is 0. The van der Waals surface area contributed by atoms with Gasteiger partial charge in [-0.05, 0) is 25.0 Å². The molecule has 1 aromatic rings. The van der Waals surface area contributed by atoms with Crippen molar-refractivity contribution in [1.82, 2.24) is 4.90 Å². The molecule has 5 heteroatoms. The van der Waals surface area contributed by atoms with Crippen LogP contribution < -0.4 is 0 Å². The fraction of sp³-hybridized carbons (Fsp3) is 0.333. The summed E-state index contributed by atoms with van der Waals surface area (Å²) < 4.78 is 5.18. The van der Waals surface area contributed by atoms with Crippen LogP contribution in [0.15, 0.2) is 35.0 Å². The van der Waals surface area contributed by atoms with Crippen LogP contribution in [-0.4, -0.2) is 27.9 Å².